The van der Waals surface area contributed by atoms with Crippen LogP contribution in [0.3, 0.4) is 0 Å². The molecule has 0 fully saturated rings. The SMILES string of the molecule is Cc1cc(C(=O)Nc2nnc(-c3ccncc3)s2)cnc1Cl. The van der Waals surface area contributed by atoms with Gasteiger partial charge in [-0.25, -0.2) is 4.98 Å². The van der Waals surface area contributed by atoms with Crippen molar-refractivity contribution in [2.75, 3.05) is 5.32 Å². The number of anilines is 1. The average Bonchev–Trinajstić information content (AvgIpc) is 2.99. The molecular formula is C14H10ClN5OS. The first-order valence-electron chi connectivity index (χ1n) is 6.31. The molecule has 1 amide bonds. The predicted molar refractivity (Wildman–Crippen MR) is 85.1 cm³/mol. The van der Waals surface area contributed by atoms with E-state index in [-0.39, 0.29) is 5.91 Å². The van der Waals surface area contributed by atoms with E-state index in [0.29, 0.717) is 20.9 Å². The number of nitrogens with one attached hydrogen (secondary N) is 1. The highest BCUT2D eigenvalue weighted by atomic mass is 35.5. The summed E-state index contributed by atoms with van der Waals surface area (Å²) in [7, 11) is 0. The lowest BCUT2D eigenvalue weighted by atomic mass is 10.2. The Morgan fingerprint density at radius 3 is 2.77 bits per heavy atom. The Balaban J connectivity index is 1.77. The van der Waals surface area contributed by atoms with Gasteiger partial charge in [0.15, 0.2) is 0 Å². The lowest BCUT2D eigenvalue weighted by Crippen LogP contribution is -2.12. The third kappa shape index (κ3) is 3.10. The van der Waals surface area contributed by atoms with Crippen LogP contribution in [0.15, 0.2) is 36.8 Å². The Labute approximate surface area is 135 Å². The molecule has 8 heteroatoms. The van der Waals surface area contributed by atoms with Crippen molar-refractivity contribution in [1.29, 1.82) is 0 Å². The van der Waals surface area contributed by atoms with E-state index >= 15 is 0 Å². The molecule has 0 bridgehead atoms. The number of carbonyl (C=O) groups is 1. The van der Waals surface area contributed by atoms with Crippen molar-refractivity contribution in [2.45, 2.75) is 6.92 Å². The van der Waals surface area contributed by atoms with Crippen LogP contribution in [-0.2, 0) is 0 Å². The van der Waals surface area contributed by atoms with E-state index in [9.17, 15) is 4.79 Å². The van der Waals surface area contributed by atoms with Gasteiger partial charge in [-0.3, -0.25) is 15.1 Å². The number of nitrogens with zero attached hydrogens (tertiary/aromatic N) is 4. The maximum atomic E-state index is 12.2. The molecule has 1 N–H and O–H groups in total. The highest BCUT2D eigenvalue weighted by Crippen LogP contribution is 2.26. The third-order valence-electron chi connectivity index (χ3n) is 2.85. The zero-order valence-electron chi connectivity index (χ0n) is 11.4. The molecule has 0 aliphatic carbocycles. The van der Waals surface area contributed by atoms with Crippen LogP contribution in [0.1, 0.15) is 15.9 Å². The van der Waals surface area contributed by atoms with Gasteiger partial charge in [-0.05, 0) is 30.7 Å². The van der Waals surface area contributed by atoms with Gasteiger partial charge in [0.2, 0.25) is 5.13 Å². The summed E-state index contributed by atoms with van der Waals surface area (Å²) in [4.78, 5) is 20.1. The van der Waals surface area contributed by atoms with Crippen LogP contribution < -0.4 is 5.32 Å². The number of amides is 1. The van der Waals surface area contributed by atoms with E-state index in [1.807, 2.05) is 12.1 Å². The van der Waals surface area contributed by atoms with Crippen molar-refractivity contribution in [1.82, 2.24) is 20.2 Å². The number of hydrogen-bond donors (Lipinski definition) is 1. The molecule has 0 saturated heterocycles. The van der Waals surface area contributed by atoms with Crippen LogP contribution >= 0.6 is 22.9 Å². The summed E-state index contributed by atoms with van der Waals surface area (Å²) in [6.07, 6.45) is 4.78. The molecule has 22 heavy (non-hydrogen) atoms. The Kier molecular flexibility index (Phi) is 4.08. The highest BCUT2D eigenvalue weighted by Gasteiger charge is 2.12. The van der Waals surface area contributed by atoms with E-state index in [0.717, 1.165) is 11.1 Å². The summed E-state index contributed by atoms with van der Waals surface area (Å²) in [6, 6.07) is 5.34. The number of aromatic nitrogens is 4. The molecule has 3 heterocycles. The van der Waals surface area contributed by atoms with Crippen LogP contribution in [0.5, 0.6) is 0 Å². The summed E-state index contributed by atoms with van der Waals surface area (Å²) in [5.41, 5.74) is 2.06. The topological polar surface area (TPSA) is 80.7 Å². The summed E-state index contributed by atoms with van der Waals surface area (Å²) in [6.45, 7) is 1.79. The van der Waals surface area contributed by atoms with Gasteiger partial charge in [-0.15, -0.1) is 10.2 Å². The standard InChI is InChI=1S/C14H10ClN5OS/c1-8-6-10(7-17-11(8)15)12(21)18-14-20-19-13(22-14)9-2-4-16-5-3-9/h2-7H,1H3,(H,18,20,21). The number of pyridine rings is 2. The van der Waals surface area contributed by atoms with Crippen LogP contribution in [-0.4, -0.2) is 26.1 Å². The first kappa shape index (κ1) is 14.6. The first-order valence-corrected chi connectivity index (χ1v) is 7.50. The van der Waals surface area contributed by atoms with E-state index in [2.05, 4.69) is 25.5 Å². The smallest absolute Gasteiger partial charge is 0.259 e. The zero-order chi connectivity index (χ0) is 15.5. The fourth-order valence-electron chi connectivity index (χ4n) is 1.74. The molecule has 0 aromatic carbocycles. The van der Waals surface area contributed by atoms with Gasteiger partial charge in [0.1, 0.15) is 10.2 Å². The molecule has 0 spiro atoms. The average molecular weight is 332 g/mol. The van der Waals surface area contributed by atoms with Gasteiger partial charge >= 0.3 is 0 Å². The fraction of sp³-hybridized carbons (Fsp3) is 0.0714. The van der Waals surface area contributed by atoms with Crippen molar-refractivity contribution in [2.24, 2.45) is 0 Å². The van der Waals surface area contributed by atoms with Gasteiger partial charge < -0.3 is 0 Å². The monoisotopic (exact) mass is 331 g/mol. The normalized spacial score (nSPS) is 10.5. The molecular weight excluding hydrogens is 322 g/mol. The number of halogens is 1. The van der Waals surface area contributed by atoms with Crippen LogP contribution in [0.2, 0.25) is 5.15 Å². The van der Waals surface area contributed by atoms with Crippen molar-refractivity contribution < 1.29 is 4.79 Å². The second-order valence-corrected chi connectivity index (χ2v) is 5.77. The van der Waals surface area contributed by atoms with Crippen molar-refractivity contribution in [3.8, 4) is 10.6 Å². The lowest BCUT2D eigenvalue weighted by molar-refractivity contribution is 0.102. The molecule has 0 radical (unpaired) electrons. The van der Waals surface area contributed by atoms with E-state index in [4.69, 9.17) is 11.6 Å². The minimum atomic E-state index is -0.301. The number of rotatable bonds is 3. The number of aryl methyl sites for hydroxylation is 1. The second-order valence-electron chi connectivity index (χ2n) is 4.43. The van der Waals surface area contributed by atoms with E-state index < -0.39 is 0 Å². The molecule has 3 aromatic heterocycles. The summed E-state index contributed by atoms with van der Waals surface area (Å²) >= 11 is 7.14. The first-order chi connectivity index (χ1) is 10.6. The second kappa shape index (κ2) is 6.17. The van der Waals surface area contributed by atoms with Crippen molar-refractivity contribution >= 4 is 34.0 Å². The minimum Gasteiger partial charge on any atom is -0.296 e. The molecule has 0 aliphatic heterocycles. The maximum Gasteiger partial charge on any atom is 0.259 e. The molecule has 0 saturated carbocycles. The molecule has 110 valence electrons. The highest BCUT2D eigenvalue weighted by molar-refractivity contribution is 7.18. The van der Waals surface area contributed by atoms with Gasteiger partial charge in [-0.1, -0.05) is 22.9 Å². The lowest BCUT2D eigenvalue weighted by Gasteiger charge is -2.02. The molecule has 0 atom stereocenters. The molecule has 0 aliphatic rings. The summed E-state index contributed by atoms with van der Waals surface area (Å²) < 4.78 is 0. The quantitative estimate of drug-likeness (QED) is 0.745. The summed E-state index contributed by atoms with van der Waals surface area (Å²) in [5, 5.41) is 12.2. The van der Waals surface area contributed by atoms with E-state index in [1.165, 1.54) is 17.5 Å². The Bertz CT molecular complexity index is 821. The predicted octanol–water partition coefficient (Wildman–Crippen LogP) is 3.21. The molecule has 0 unspecified atom stereocenters. The Morgan fingerprint density at radius 1 is 1.27 bits per heavy atom. The Hall–Kier alpha value is -2.38. The fourth-order valence-corrected chi connectivity index (χ4v) is 2.58. The van der Waals surface area contributed by atoms with E-state index in [1.54, 1.807) is 25.4 Å². The van der Waals surface area contributed by atoms with Gasteiger partial charge in [0, 0.05) is 24.2 Å². The van der Waals surface area contributed by atoms with Gasteiger partial charge in [0.05, 0.1) is 5.56 Å². The number of hydrogen-bond acceptors (Lipinski definition) is 6. The van der Waals surface area contributed by atoms with Crippen molar-refractivity contribution in [3.63, 3.8) is 0 Å². The Morgan fingerprint density at radius 2 is 2.05 bits per heavy atom. The van der Waals surface area contributed by atoms with Gasteiger partial charge in [-0.2, -0.15) is 0 Å². The van der Waals surface area contributed by atoms with Gasteiger partial charge in [0.25, 0.3) is 5.91 Å². The summed E-state index contributed by atoms with van der Waals surface area (Å²) in [5.74, 6) is -0.301. The molecule has 3 aromatic rings. The largest absolute Gasteiger partial charge is 0.296 e. The minimum absolute atomic E-state index is 0.301. The van der Waals surface area contributed by atoms with Crippen molar-refractivity contribution in [3.05, 3.63) is 53.1 Å². The number of carbonyl (C=O) groups excluding carboxylic acids is 1. The van der Waals surface area contributed by atoms with Crippen LogP contribution in [0.25, 0.3) is 10.6 Å². The third-order valence-corrected chi connectivity index (χ3v) is 4.13. The maximum absolute atomic E-state index is 12.2. The zero-order valence-corrected chi connectivity index (χ0v) is 13.0. The molecule has 3 rings (SSSR count). The van der Waals surface area contributed by atoms with Crippen LogP contribution in [0.4, 0.5) is 5.13 Å². The molecule has 6 nitrogen and oxygen atoms in total. The van der Waals surface area contributed by atoms with Crippen LogP contribution in [0, 0.1) is 6.92 Å².